The largest absolute Gasteiger partial charge is 0.347 e. The van der Waals surface area contributed by atoms with E-state index in [1.807, 2.05) is 24.3 Å². The van der Waals surface area contributed by atoms with Crippen molar-refractivity contribution >= 4 is 27.4 Å². The molecule has 1 saturated heterocycles. The van der Waals surface area contributed by atoms with E-state index in [1.54, 1.807) is 0 Å². The number of aryl methyl sites for hydroxylation is 1. The first-order chi connectivity index (χ1) is 11.9. The molecule has 0 radical (unpaired) electrons. The van der Waals surface area contributed by atoms with E-state index in [4.69, 9.17) is 0 Å². The van der Waals surface area contributed by atoms with Gasteiger partial charge in [0.05, 0.1) is 11.5 Å². The molecule has 0 aliphatic carbocycles. The Bertz CT molecular complexity index is 866. The lowest BCUT2D eigenvalue weighted by atomic mass is 10.1. The lowest BCUT2D eigenvalue weighted by Crippen LogP contribution is -2.36. The van der Waals surface area contributed by atoms with Gasteiger partial charge in [0.15, 0.2) is 9.84 Å². The van der Waals surface area contributed by atoms with E-state index < -0.39 is 15.7 Å². The van der Waals surface area contributed by atoms with Gasteiger partial charge in [-0.2, -0.15) is 0 Å². The number of carbonyl (C=O) groups excluding carboxylic acids is 1. The zero-order chi connectivity index (χ0) is 17.9. The summed E-state index contributed by atoms with van der Waals surface area (Å²) in [4.78, 5) is 20.6. The fourth-order valence-electron chi connectivity index (χ4n) is 2.67. The minimum absolute atomic E-state index is 0.0152. The van der Waals surface area contributed by atoms with Crippen LogP contribution < -0.4 is 10.6 Å². The van der Waals surface area contributed by atoms with Crippen LogP contribution in [0.3, 0.4) is 0 Å². The number of nitrogens with one attached hydrogen (secondary N) is 2. The highest BCUT2D eigenvalue weighted by molar-refractivity contribution is 7.91. The molecule has 1 aliphatic heterocycles. The molecule has 0 saturated carbocycles. The number of anilines is 2. The van der Waals surface area contributed by atoms with Crippen molar-refractivity contribution in [2.75, 3.05) is 16.8 Å². The Morgan fingerprint density at radius 3 is 2.64 bits per heavy atom. The number of benzene rings is 1. The molecule has 2 N–H and O–H groups in total. The van der Waals surface area contributed by atoms with Crippen LogP contribution in [0.1, 0.15) is 29.4 Å². The zero-order valence-corrected chi connectivity index (χ0v) is 14.7. The number of carbonyl (C=O) groups is 1. The van der Waals surface area contributed by atoms with Gasteiger partial charge in [0.1, 0.15) is 5.69 Å². The van der Waals surface area contributed by atoms with Crippen LogP contribution in [0.4, 0.5) is 11.6 Å². The standard InChI is InChI=1S/C17H20N4O3S/c1-2-12-3-5-13(6-4-12)20-17-18-9-7-15(21-17)16(22)19-14-8-10-25(23,24)11-14/h3-7,9,14H,2,8,10-11H2,1H3,(H,19,22)(H,18,20,21). The van der Waals surface area contributed by atoms with Crippen molar-refractivity contribution in [3.8, 4) is 0 Å². The van der Waals surface area contributed by atoms with Gasteiger partial charge >= 0.3 is 0 Å². The van der Waals surface area contributed by atoms with E-state index in [2.05, 4.69) is 27.5 Å². The average Bonchev–Trinajstić information content (AvgIpc) is 2.94. The molecule has 8 heteroatoms. The van der Waals surface area contributed by atoms with Crippen LogP contribution in [-0.2, 0) is 16.3 Å². The monoisotopic (exact) mass is 360 g/mol. The van der Waals surface area contributed by atoms with E-state index in [1.165, 1.54) is 17.8 Å². The second-order valence-corrected chi connectivity index (χ2v) is 8.24. The Balaban J connectivity index is 1.67. The Morgan fingerprint density at radius 1 is 1.24 bits per heavy atom. The van der Waals surface area contributed by atoms with Crippen molar-refractivity contribution in [3.63, 3.8) is 0 Å². The Labute approximate surface area is 146 Å². The fraction of sp³-hybridized carbons (Fsp3) is 0.353. The molecule has 1 aliphatic rings. The topological polar surface area (TPSA) is 101 Å². The van der Waals surface area contributed by atoms with Crippen LogP contribution >= 0.6 is 0 Å². The van der Waals surface area contributed by atoms with Gasteiger partial charge in [-0.05, 0) is 36.6 Å². The normalized spacial score (nSPS) is 18.7. The molecular weight excluding hydrogens is 340 g/mol. The molecule has 1 atom stereocenters. The number of nitrogens with zero attached hydrogens (tertiary/aromatic N) is 2. The summed E-state index contributed by atoms with van der Waals surface area (Å²) in [6, 6.07) is 9.03. The molecular formula is C17H20N4O3S. The highest BCUT2D eigenvalue weighted by Crippen LogP contribution is 2.15. The molecule has 1 amide bonds. The summed E-state index contributed by atoms with van der Waals surface area (Å²) in [6.07, 6.45) is 2.90. The summed E-state index contributed by atoms with van der Waals surface area (Å²) in [7, 11) is -3.04. The number of hydrogen-bond donors (Lipinski definition) is 2. The van der Waals surface area contributed by atoms with Crippen molar-refractivity contribution in [2.45, 2.75) is 25.8 Å². The predicted octanol–water partition coefficient (Wildman–Crippen LogP) is 1.70. The van der Waals surface area contributed by atoms with Gasteiger partial charge in [0.2, 0.25) is 5.95 Å². The Kier molecular flexibility index (Phi) is 4.98. The lowest BCUT2D eigenvalue weighted by molar-refractivity contribution is 0.0936. The van der Waals surface area contributed by atoms with E-state index in [0.29, 0.717) is 12.4 Å². The Hall–Kier alpha value is -2.48. The summed E-state index contributed by atoms with van der Waals surface area (Å²) in [6.45, 7) is 2.09. The van der Waals surface area contributed by atoms with Crippen LogP contribution in [0.15, 0.2) is 36.5 Å². The van der Waals surface area contributed by atoms with Gasteiger partial charge in [0.25, 0.3) is 5.91 Å². The molecule has 0 bridgehead atoms. The third-order valence-electron chi connectivity index (χ3n) is 4.07. The minimum Gasteiger partial charge on any atom is -0.347 e. The van der Waals surface area contributed by atoms with Crippen molar-refractivity contribution in [2.24, 2.45) is 0 Å². The molecule has 3 rings (SSSR count). The SMILES string of the molecule is CCc1ccc(Nc2nccc(C(=O)NC3CCS(=O)(=O)C3)n2)cc1. The quantitative estimate of drug-likeness (QED) is 0.842. The summed E-state index contributed by atoms with van der Waals surface area (Å²) in [5, 5.41) is 5.78. The highest BCUT2D eigenvalue weighted by Gasteiger charge is 2.29. The van der Waals surface area contributed by atoms with E-state index in [0.717, 1.165) is 12.1 Å². The molecule has 7 nitrogen and oxygen atoms in total. The van der Waals surface area contributed by atoms with Gasteiger partial charge in [-0.25, -0.2) is 18.4 Å². The Morgan fingerprint density at radius 2 is 2.00 bits per heavy atom. The molecule has 1 aromatic carbocycles. The van der Waals surface area contributed by atoms with Crippen molar-refractivity contribution in [1.82, 2.24) is 15.3 Å². The number of sulfone groups is 1. The lowest BCUT2D eigenvalue weighted by Gasteiger charge is -2.11. The number of amides is 1. The van der Waals surface area contributed by atoms with Gasteiger partial charge in [-0.1, -0.05) is 19.1 Å². The van der Waals surface area contributed by atoms with E-state index >= 15 is 0 Å². The maximum absolute atomic E-state index is 12.3. The predicted molar refractivity (Wildman–Crippen MR) is 95.7 cm³/mol. The van der Waals surface area contributed by atoms with Crippen molar-refractivity contribution in [1.29, 1.82) is 0 Å². The summed E-state index contributed by atoms with van der Waals surface area (Å²) in [5.74, 6) is 0.0193. The maximum Gasteiger partial charge on any atom is 0.270 e. The van der Waals surface area contributed by atoms with Crippen molar-refractivity contribution in [3.05, 3.63) is 47.8 Å². The molecule has 25 heavy (non-hydrogen) atoms. The van der Waals surface area contributed by atoms with Crippen molar-refractivity contribution < 1.29 is 13.2 Å². The first kappa shape index (κ1) is 17.3. The molecule has 2 aromatic rings. The number of rotatable bonds is 5. The average molecular weight is 360 g/mol. The summed E-state index contributed by atoms with van der Waals surface area (Å²) >= 11 is 0. The van der Waals surface area contributed by atoms with Gasteiger partial charge in [-0.3, -0.25) is 4.79 Å². The maximum atomic E-state index is 12.3. The zero-order valence-electron chi connectivity index (χ0n) is 13.9. The smallest absolute Gasteiger partial charge is 0.270 e. The molecule has 1 unspecified atom stereocenters. The number of hydrogen-bond acceptors (Lipinski definition) is 6. The molecule has 2 heterocycles. The highest BCUT2D eigenvalue weighted by atomic mass is 32.2. The second kappa shape index (κ2) is 7.18. The second-order valence-electron chi connectivity index (χ2n) is 6.01. The minimum atomic E-state index is -3.04. The van der Waals surface area contributed by atoms with Crippen LogP contribution in [-0.4, -0.2) is 41.8 Å². The van der Waals surface area contributed by atoms with E-state index in [9.17, 15) is 13.2 Å². The van der Waals surface area contributed by atoms with Crippen LogP contribution in [0, 0.1) is 0 Å². The fourth-order valence-corrected chi connectivity index (χ4v) is 4.34. The van der Waals surface area contributed by atoms with Crippen LogP contribution in [0.5, 0.6) is 0 Å². The molecule has 0 spiro atoms. The molecule has 1 aromatic heterocycles. The third kappa shape index (κ3) is 4.54. The summed E-state index contributed by atoms with van der Waals surface area (Å²) in [5.41, 5.74) is 2.26. The first-order valence-electron chi connectivity index (χ1n) is 8.15. The van der Waals surface area contributed by atoms with E-state index in [-0.39, 0.29) is 23.2 Å². The van der Waals surface area contributed by atoms with Gasteiger partial charge < -0.3 is 10.6 Å². The summed E-state index contributed by atoms with van der Waals surface area (Å²) < 4.78 is 23.0. The number of aromatic nitrogens is 2. The molecule has 1 fully saturated rings. The van der Waals surface area contributed by atoms with Crippen LogP contribution in [0.25, 0.3) is 0 Å². The third-order valence-corrected chi connectivity index (χ3v) is 5.84. The first-order valence-corrected chi connectivity index (χ1v) is 9.97. The van der Waals surface area contributed by atoms with Gasteiger partial charge in [0, 0.05) is 17.9 Å². The molecule has 132 valence electrons. The van der Waals surface area contributed by atoms with Gasteiger partial charge in [-0.15, -0.1) is 0 Å². The van der Waals surface area contributed by atoms with Crippen LogP contribution in [0.2, 0.25) is 0 Å².